The Kier molecular flexibility index (Phi) is 7.19. The minimum atomic E-state index is -1.82. The Labute approximate surface area is 166 Å². The first kappa shape index (κ1) is 21.3. The van der Waals surface area contributed by atoms with Gasteiger partial charge in [-0.2, -0.15) is 0 Å². The Bertz CT molecular complexity index is 987. The Morgan fingerprint density at radius 2 is 1.79 bits per heavy atom. The molecule has 3 rings (SSSR count). The zero-order chi connectivity index (χ0) is 21.4. The van der Waals surface area contributed by atoms with Crippen LogP contribution in [0.25, 0.3) is 11.3 Å². The number of carboxylic acids is 2. The number of carbonyl (C=O) groups is 2. The first-order chi connectivity index (χ1) is 13.8. The van der Waals surface area contributed by atoms with Crippen molar-refractivity contribution in [2.75, 3.05) is 12.4 Å². The predicted octanol–water partition coefficient (Wildman–Crippen LogP) is 2.57. The molecule has 0 amide bonds. The topological polar surface area (TPSA) is 134 Å². The van der Waals surface area contributed by atoms with E-state index in [1.807, 2.05) is 54.2 Å². The fourth-order valence-electron chi connectivity index (χ4n) is 2.47. The van der Waals surface area contributed by atoms with E-state index >= 15 is 0 Å². The number of hydrogen-bond donors (Lipinski definition) is 4. The summed E-state index contributed by atoms with van der Waals surface area (Å²) in [6.07, 6.45) is 1.83. The lowest BCUT2D eigenvalue weighted by atomic mass is 10.1. The van der Waals surface area contributed by atoms with Gasteiger partial charge in [-0.25, -0.2) is 14.6 Å². The normalized spacial score (nSPS) is 9.86. The van der Waals surface area contributed by atoms with Crippen molar-refractivity contribution in [1.82, 2.24) is 9.55 Å². The highest BCUT2D eigenvalue weighted by atomic mass is 16.5. The summed E-state index contributed by atoms with van der Waals surface area (Å²) in [6, 6.07) is 15.1. The lowest BCUT2D eigenvalue weighted by Gasteiger charge is -2.09. The van der Waals surface area contributed by atoms with Gasteiger partial charge in [-0.05, 0) is 29.8 Å². The summed E-state index contributed by atoms with van der Waals surface area (Å²) in [5, 5.41) is 27.6. The van der Waals surface area contributed by atoms with Crippen LogP contribution < -0.4 is 10.1 Å². The van der Waals surface area contributed by atoms with Gasteiger partial charge in [0.25, 0.3) is 0 Å². The number of nitrogens with zero attached hydrogens (tertiary/aromatic N) is 2. The first-order valence-electron chi connectivity index (χ1n) is 8.46. The van der Waals surface area contributed by atoms with Gasteiger partial charge in [-0.15, -0.1) is 0 Å². The third-order valence-corrected chi connectivity index (χ3v) is 3.90. The molecule has 0 bridgehead atoms. The number of aromatic nitrogens is 2. The average Bonchev–Trinajstić information content (AvgIpc) is 3.07. The highest BCUT2D eigenvalue weighted by Gasteiger charge is 2.09. The van der Waals surface area contributed by atoms with Crippen LogP contribution in [0.3, 0.4) is 0 Å². The van der Waals surface area contributed by atoms with Crippen LogP contribution in [0, 0.1) is 0 Å². The van der Waals surface area contributed by atoms with Crippen molar-refractivity contribution in [1.29, 1.82) is 0 Å². The van der Waals surface area contributed by atoms with E-state index in [2.05, 4.69) is 10.3 Å². The van der Waals surface area contributed by atoms with Crippen LogP contribution in [0.1, 0.15) is 5.56 Å². The molecule has 0 atom stereocenters. The van der Waals surface area contributed by atoms with Crippen molar-refractivity contribution in [3.8, 4) is 22.8 Å². The summed E-state index contributed by atoms with van der Waals surface area (Å²) in [4.78, 5) is 22.6. The number of aliphatic carboxylic acids is 2. The Morgan fingerprint density at radius 1 is 1.10 bits per heavy atom. The lowest BCUT2D eigenvalue weighted by molar-refractivity contribution is -0.159. The Hall–Kier alpha value is -4.01. The number of ether oxygens (including phenoxy) is 1. The number of nitrogens with one attached hydrogen (secondary N) is 1. The molecule has 4 N–H and O–H groups in total. The number of aromatic hydroxyl groups is 1. The van der Waals surface area contributed by atoms with Crippen molar-refractivity contribution < 1.29 is 29.6 Å². The van der Waals surface area contributed by atoms with Gasteiger partial charge in [0, 0.05) is 19.2 Å². The zero-order valence-corrected chi connectivity index (χ0v) is 15.9. The van der Waals surface area contributed by atoms with Gasteiger partial charge in [0.05, 0.1) is 19.0 Å². The van der Waals surface area contributed by atoms with Gasteiger partial charge < -0.3 is 29.9 Å². The molecular weight excluding hydrogens is 378 g/mol. The molecule has 29 heavy (non-hydrogen) atoms. The van der Waals surface area contributed by atoms with E-state index in [0.29, 0.717) is 6.54 Å². The Balaban J connectivity index is 0.000000438. The van der Waals surface area contributed by atoms with E-state index in [-0.39, 0.29) is 5.75 Å². The maximum absolute atomic E-state index is 9.51. The van der Waals surface area contributed by atoms with E-state index in [1.165, 1.54) is 0 Å². The molecule has 0 fully saturated rings. The molecule has 0 aliphatic carbocycles. The van der Waals surface area contributed by atoms with Crippen LogP contribution >= 0.6 is 0 Å². The second kappa shape index (κ2) is 9.79. The van der Waals surface area contributed by atoms with E-state index < -0.39 is 11.9 Å². The summed E-state index contributed by atoms with van der Waals surface area (Å²) in [5.74, 6) is -1.80. The van der Waals surface area contributed by atoms with Crippen LogP contribution in [0.2, 0.25) is 0 Å². The molecule has 0 aliphatic heterocycles. The SMILES string of the molecule is COc1cccc(-c2cnc(NCc3cccc(O)c3)n2C)c1.O=C(O)C(=O)O. The maximum atomic E-state index is 9.51. The monoisotopic (exact) mass is 399 g/mol. The fraction of sp³-hybridized carbons (Fsp3) is 0.150. The van der Waals surface area contributed by atoms with Crippen LogP contribution in [0.15, 0.2) is 54.7 Å². The minimum absolute atomic E-state index is 0.265. The van der Waals surface area contributed by atoms with E-state index in [0.717, 1.165) is 28.5 Å². The number of hydrogen-bond acceptors (Lipinski definition) is 6. The average molecular weight is 399 g/mol. The van der Waals surface area contributed by atoms with Crippen molar-refractivity contribution in [2.24, 2.45) is 7.05 Å². The zero-order valence-electron chi connectivity index (χ0n) is 15.9. The Morgan fingerprint density at radius 3 is 2.41 bits per heavy atom. The minimum Gasteiger partial charge on any atom is -0.508 e. The van der Waals surface area contributed by atoms with Crippen LogP contribution in [-0.4, -0.2) is 43.9 Å². The summed E-state index contributed by atoms with van der Waals surface area (Å²) in [5.41, 5.74) is 3.04. The van der Waals surface area contributed by atoms with Crippen molar-refractivity contribution >= 4 is 17.9 Å². The van der Waals surface area contributed by atoms with Gasteiger partial charge in [0.15, 0.2) is 0 Å². The van der Waals surface area contributed by atoms with Gasteiger partial charge in [0.2, 0.25) is 5.95 Å². The quantitative estimate of drug-likeness (QED) is 0.481. The summed E-state index contributed by atoms with van der Waals surface area (Å²) in [6.45, 7) is 0.594. The number of rotatable bonds is 5. The second-order valence-electron chi connectivity index (χ2n) is 5.89. The number of anilines is 1. The van der Waals surface area contributed by atoms with Crippen molar-refractivity contribution in [2.45, 2.75) is 6.54 Å². The number of carboxylic acid groups (broad SMARTS) is 2. The fourth-order valence-corrected chi connectivity index (χ4v) is 2.47. The van der Waals surface area contributed by atoms with Gasteiger partial charge >= 0.3 is 11.9 Å². The second-order valence-corrected chi connectivity index (χ2v) is 5.89. The van der Waals surface area contributed by atoms with Crippen LogP contribution in [-0.2, 0) is 23.2 Å². The molecule has 0 aliphatic rings. The number of phenolic OH excluding ortho intramolecular Hbond substituents is 1. The number of phenols is 1. The third-order valence-electron chi connectivity index (χ3n) is 3.90. The van der Waals surface area contributed by atoms with Gasteiger partial charge in [-0.3, -0.25) is 0 Å². The molecule has 9 nitrogen and oxygen atoms in total. The van der Waals surface area contributed by atoms with E-state index in [9.17, 15) is 5.11 Å². The van der Waals surface area contributed by atoms with Crippen LogP contribution in [0.5, 0.6) is 11.5 Å². The molecule has 9 heteroatoms. The van der Waals surface area contributed by atoms with Crippen molar-refractivity contribution in [3.05, 3.63) is 60.3 Å². The summed E-state index contributed by atoms with van der Waals surface area (Å²) < 4.78 is 7.27. The third kappa shape index (κ3) is 5.99. The highest BCUT2D eigenvalue weighted by molar-refractivity contribution is 6.27. The first-order valence-corrected chi connectivity index (χ1v) is 8.46. The number of methoxy groups -OCH3 is 1. The molecule has 1 aromatic heterocycles. The molecule has 152 valence electrons. The lowest BCUT2D eigenvalue weighted by Crippen LogP contribution is -2.09. The van der Waals surface area contributed by atoms with Gasteiger partial charge in [0.1, 0.15) is 11.5 Å². The molecule has 0 spiro atoms. The standard InChI is InChI=1S/C18H19N3O2.C2H2O4/c1-21-17(14-6-4-8-16(10-14)23-2)12-20-18(21)19-11-13-5-3-7-15(22)9-13;3-1(4)2(5)6/h3-10,12,22H,11H2,1-2H3,(H,19,20);(H,3,4)(H,5,6). The summed E-state index contributed by atoms with van der Waals surface area (Å²) >= 11 is 0. The molecule has 0 radical (unpaired) electrons. The number of benzene rings is 2. The molecule has 0 unspecified atom stereocenters. The van der Waals surface area contributed by atoms with E-state index in [1.54, 1.807) is 19.2 Å². The largest absolute Gasteiger partial charge is 0.508 e. The molecule has 0 saturated carbocycles. The predicted molar refractivity (Wildman–Crippen MR) is 106 cm³/mol. The molecule has 1 heterocycles. The van der Waals surface area contributed by atoms with Gasteiger partial charge in [-0.1, -0.05) is 24.3 Å². The number of imidazole rings is 1. The maximum Gasteiger partial charge on any atom is 0.414 e. The highest BCUT2D eigenvalue weighted by Crippen LogP contribution is 2.25. The molecule has 2 aromatic carbocycles. The van der Waals surface area contributed by atoms with Crippen molar-refractivity contribution in [3.63, 3.8) is 0 Å². The molecular formula is C20H21N3O6. The van der Waals surface area contributed by atoms with E-state index in [4.69, 9.17) is 24.5 Å². The molecule has 3 aromatic rings. The summed E-state index contributed by atoms with van der Waals surface area (Å²) in [7, 11) is 3.62. The molecule has 0 saturated heterocycles. The van der Waals surface area contributed by atoms with Crippen LogP contribution in [0.4, 0.5) is 5.95 Å². The smallest absolute Gasteiger partial charge is 0.414 e.